The Labute approximate surface area is 368 Å². The number of allylic oxidation sites excluding steroid dienone is 8. The molecule has 0 saturated carbocycles. The molecule has 9 nitrogen and oxygen atoms in total. The summed E-state index contributed by atoms with van der Waals surface area (Å²) < 4.78 is 33.4. The Morgan fingerprint density at radius 3 is 1.40 bits per heavy atom. The van der Waals surface area contributed by atoms with Gasteiger partial charge in [0.25, 0.3) is 0 Å². The fraction of sp³-hybridized carbons (Fsp3) is 0.820. The second kappa shape index (κ2) is 46.9. The fourth-order valence-electron chi connectivity index (χ4n) is 6.82. The molecule has 352 valence electrons. The minimum atomic E-state index is -4.53. The zero-order chi connectivity index (χ0) is 43.9. The van der Waals surface area contributed by atoms with Gasteiger partial charge in [-0.25, -0.2) is 4.57 Å². The molecule has 0 heterocycles. The van der Waals surface area contributed by atoms with Crippen molar-refractivity contribution >= 4 is 13.8 Å². The van der Waals surface area contributed by atoms with Crippen LogP contribution < -0.4 is 0 Å². The normalized spacial score (nSPS) is 14.3. The Kier molecular flexibility index (Phi) is 45.7. The maximum Gasteiger partial charge on any atom is 0.472 e. The molecule has 0 aromatic heterocycles. The molecule has 0 aliphatic heterocycles. The van der Waals surface area contributed by atoms with Crippen molar-refractivity contribution in [2.45, 2.75) is 232 Å². The van der Waals surface area contributed by atoms with Crippen LogP contribution in [-0.4, -0.2) is 66.3 Å². The summed E-state index contributed by atoms with van der Waals surface area (Å²) >= 11 is 0. The van der Waals surface area contributed by atoms with Crippen molar-refractivity contribution in [3.8, 4) is 0 Å². The summed E-state index contributed by atoms with van der Waals surface area (Å²) in [4.78, 5) is 22.6. The van der Waals surface area contributed by atoms with E-state index in [9.17, 15) is 19.4 Å². The number of hydrogen-bond acceptors (Lipinski definition) is 8. The average Bonchev–Trinajstić information content (AvgIpc) is 3.24. The third kappa shape index (κ3) is 45.9. The van der Waals surface area contributed by atoms with Crippen LogP contribution in [-0.2, 0) is 27.9 Å². The van der Waals surface area contributed by atoms with Crippen LogP contribution in [0.5, 0.6) is 0 Å². The molecule has 0 bridgehead atoms. The summed E-state index contributed by atoms with van der Waals surface area (Å²) in [5.41, 5.74) is 0. The lowest BCUT2D eigenvalue weighted by Crippen LogP contribution is -2.29. The molecule has 0 spiro atoms. The molecule has 0 saturated heterocycles. The van der Waals surface area contributed by atoms with Gasteiger partial charge < -0.3 is 24.6 Å². The molecule has 3 N–H and O–H groups in total. The monoisotopic (exact) mass is 869 g/mol. The largest absolute Gasteiger partial charge is 0.472 e. The van der Waals surface area contributed by atoms with Crippen molar-refractivity contribution in [1.82, 2.24) is 0 Å². The van der Waals surface area contributed by atoms with E-state index in [1.54, 1.807) is 0 Å². The standard InChI is InChI=1S/C50H93O9P/c1-3-5-7-9-11-13-15-17-19-20-21-22-23-24-25-26-27-29-31-33-35-37-39-41-43-56-46-49(47-58-60(54,55)57-45-48(52)44-51)59-50(53)42-40-38-36-34-32-30-28-18-16-14-12-10-8-6-4-2/h6,8,12,14,18,28,32,34,48-49,51-52H,3-5,7,9-11,13,15-17,19-27,29-31,33,35-47H2,1-2H3,(H,54,55)/b8-6-,14-12-,28-18-,34-32-. The first-order valence-corrected chi connectivity index (χ1v) is 26.1. The predicted octanol–water partition coefficient (Wildman–Crippen LogP) is 14.1. The first-order valence-electron chi connectivity index (χ1n) is 24.6. The molecule has 0 fully saturated rings. The quantitative estimate of drug-likeness (QED) is 0.0237. The molecule has 3 unspecified atom stereocenters. The van der Waals surface area contributed by atoms with E-state index in [4.69, 9.17) is 23.6 Å². The number of aliphatic hydroxyl groups excluding tert-OH is 2. The number of rotatable bonds is 47. The van der Waals surface area contributed by atoms with E-state index < -0.39 is 45.8 Å². The van der Waals surface area contributed by atoms with Gasteiger partial charge in [0.05, 0.1) is 26.4 Å². The number of phosphoric acid groups is 1. The number of carbonyl (C=O) groups excluding carboxylic acids is 1. The summed E-state index contributed by atoms with van der Waals surface area (Å²) in [6.45, 7) is 3.38. The zero-order valence-corrected chi connectivity index (χ0v) is 39.6. The van der Waals surface area contributed by atoms with Crippen molar-refractivity contribution in [1.29, 1.82) is 0 Å². The maximum atomic E-state index is 12.6. The van der Waals surface area contributed by atoms with Gasteiger partial charge in [-0.15, -0.1) is 0 Å². The SMILES string of the molecule is CC/C=C\C/C=C\C/C=C\C/C=C\CCCCC(=O)OC(COCCCCCCCCCCCCCCCCCCCCCCCCCC)COP(=O)(O)OCC(O)CO. The lowest BCUT2D eigenvalue weighted by molar-refractivity contribution is -0.154. The van der Waals surface area contributed by atoms with Crippen molar-refractivity contribution in [2.24, 2.45) is 0 Å². The number of unbranched alkanes of at least 4 members (excludes halogenated alkanes) is 25. The summed E-state index contributed by atoms with van der Waals surface area (Å²) in [7, 11) is -4.53. The lowest BCUT2D eigenvalue weighted by Gasteiger charge is -2.20. The van der Waals surface area contributed by atoms with E-state index >= 15 is 0 Å². The molecular weight excluding hydrogens is 776 g/mol. The highest BCUT2D eigenvalue weighted by Gasteiger charge is 2.26. The lowest BCUT2D eigenvalue weighted by atomic mass is 10.0. The first-order chi connectivity index (χ1) is 29.3. The van der Waals surface area contributed by atoms with Gasteiger partial charge in [-0.2, -0.15) is 0 Å². The number of carbonyl (C=O) groups is 1. The maximum absolute atomic E-state index is 12.6. The smallest absolute Gasteiger partial charge is 0.457 e. The van der Waals surface area contributed by atoms with Gasteiger partial charge in [0.2, 0.25) is 0 Å². The molecule has 0 aliphatic carbocycles. The van der Waals surface area contributed by atoms with E-state index in [1.165, 1.54) is 135 Å². The van der Waals surface area contributed by atoms with Crippen LogP contribution in [0.15, 0.2) is 48.6 Å². The van der Waals surface area contributed by atoms with Gasteiger partial charge in [0.15, 0.2) is 0 Å². The highest BCUT2D eigenvalue weighted by Crippen LogP contribution is 2.43. The van der Waals surface area contributed by atoms with E-state index in [2.05, 4.69) is 62.5 Å². The minimum Gasteiger partial charge on any atom is -0.457 e. The second-order valence-electron chi connectivity index (χ2n) is 16.5. The van der Waals surface area contributed by atoms with E-state index in [0.717, 1.165) is 57.8 Å². The topological polar surface area (TPSA) is 132 Å². The van der Waals surface area contributed by atoms with Crippen molar-refractivity contribution < 1.29 is 43.0 Å². The van der Waals surface area contributed by atoms with Crippen LogP contribution in [0.25, 0.3) is 0 Å². The molecule has 10 heteroatoms. The minimum absolute atomic E-state index is 0.0340. The Hall–Kier alpha value is -1.58. The second-order valence-corrected chi connectivity index (χ2v) is 17.9. The zero-order valence-electron chi connectivity index (χ0n) is 38.7. The fourth-order valence-corrected chi connectivity index (χ4v) is 7.61. The van der Waals surface area contributed by atoms with Gasteiger partial charge in [-0.3, -0.25) is 13.8 Å². The summed E-state index contributed by atoms with van der Waals surface area (Å²) in [6.07, 6.45) is 53.8. The number of hydrogen-bond donors (Lipinski definition) is 3. The summed E-state index contributed by atoms with van der Waals surface area (Å²) in [5.74, 6) is -0.420. The summed E-state index contributed by atoms with van der Waals surface area (Å²) in [5, 5.41) is 18.4. The third-order valence-electron chi connectivity index (χ3n) is 10.5. The van der Waals surface area contributed by atoms with Crippen LogP contribution in [0, 0.1) is 0 Å². The molecule has 3 atom stereocenters. The average molecular weight is 869 g/mol. The Morgan fingerprint density at radius 1 is 0.533 bits per heavy atom. The molecular formula is C50H93O9P. The first kappa shape index (κ1) is 58.4. The van der Waals surface area contributed by atoms with E-state index in [0.29, 0.717) is 13.0 Å². The molecule has 0 aromatic rings. The predicted molar refractivity (Wildman–Crippen MR) is 251 cm³/mol. The Balaban J connectivity index is 4.06. The van der Waals surface area contributed by atoms with Gasteiger partial charge in [0.1, 0.15) is 12.2 Å². The molecule has 60 heavy (non-hydrogen) atoms. The Bertz CT molecular complexity index is 1080. The van der Waals surface area contributed by atoms with Crippen molar-refractivity contribution in [2.75, 3.05) is 33.0 Å². The third-order valence-corrected chi connectivity index (χ3v) is 11.5. The number of aliphatic hydroxyl groups is 2. The van der Waals surface area contributed by atoms with Crippen molar-refractivity contribution in [3.05, 3.63) is 48.6 Å². The number of phosphoric ester groups is 1. The Morgan fingerprint density at radius 2 is 0.950 bits per heavy atom. The van der Waals surface area contributed by atoms with Gasteiger partial charge in [-0.05, 0) is 51.4 Å². The molecule has 0 rings (SSSR count). The van der Waals surface area contributed by atoms with Gasteiger partial charge in [0, 0.05) is 13.0 Å². The summed E-state index contributed by atoms with van der Waals surface area (Å²) in [6, 6.07) is 0. The molecule has 0 radical (unpaired) electrons. The van der Waals surface area contributed by atoms with Crippen molar-refractivity contribution in [3.63, 3.8) is 0 Å². The van der Waals surface area contributed by atoms with Crippen LogP contribution >= 0.6 is 7.82 Å². The van der Waals surface area contributed by atoms with Gasteiger partial charge in [-0.1, -0.05) is 210 Å². The molecule has 0 amide bonds. The molecule has 0 aliphatic rings. The van der Waals surface area contributed by atoms with E-state index in [-0.39, 0.29) is 13.0 Å². The van der Waals surface area contributed by atoms with Crippen LogP contribution in [0.1, 0.15) is 219 Å². The van der Waals surface area contributed by atoms with Crippen LogP contribution in [0.3, 0.4) is 0 Å². The highest BCUT2D eigenvalue weighted by molar-refractivity contribution is 7.47. The number of esters is 1. The van der Waals surface area contributed by atoms with Crippen LogP contribution in [0.2, 0.25) is 0 Å². The van der Waals surface area contributed by atoms with Gasteiger partial charge >= 0.3 is 13.8 Å². The molecule has 0 aromatic carbocycles. The van der Waals surface area contributed by atoms with E-state index in [1.807, 2.05) is 0 Å². The highest BCUT2D eigenvalue weighted by atomic mass is 31.2. The van der Waals surface area contributed by atoms with Crippen LogP contribution in [0.4, 0.5) is 0 Å². The number of ether oxygens (including phenoxy) is 2.